The normalized spacial score (nSPS) is 32.6. The van der Waals surface area contributed by atoms with Gasteiger partial charge in [-0.25, -0.2) is 8.98 Å². The Hall–Kier alpha value is -1.39. The van der Waals surface area contributed by atoms with Gasteiger partial charge in [-0.1, -0.05) is 0 Å². The van der Waals surface area contributed by atoms with E-state index in [1.807, 2.05) is 0 Å². The molecule has 0 spiro atoms. The number of carboxylic acid groups (broad SMARTS) is 1. The van der Waals surface area contributed by atoms with Crippen LogP contribution in [0.1, 0.15) is 13.3 Å². The van der Waals surface area contributed by atoms with Crippen LogP contribution in [0.25, 0.3) is 0 Å². The van der Waals surface area contributed by atoms with Crippen molar-refractivity contribution in [1.82, 2.24) is 5.32 Å². The predicted molar refractivity (Wildman–Crippen MR) is 75.2 cm³/mol. The van der Waals surface area contributed by atoms with Crippen molar-refractivity contribution in [3.05, 3.63) is 0 Å². The molecule has 0 bridgehead atoms. The Morgan fingerprint density at radius 2 is 2.00 bits per heavy atom. The molecule has 6 atom stereocenters. The molecule has 14 heteroatoms. The van der Waals surface area contributed by atoms with Crippen molar-refractivity contribution >= 4 is 22.3 Å². The summed E-state index contributed by atoms with van der Waals surface area (Å²) in [4.78, 5) is 22.3. The van der Waals surface area contributed by atoms with Crippen LogP contribution in [0.3, 0.4) is 0 Å². The fourth-order valence-corrected chi connectivity index (χ4v) is 2.86. The summed E-state index contributed by atoms with van der Waals surface area (Å²) in [6.07, 6.45) is -8.72. The van der Waals surface area contributed by atoms with Crippen LogP contribution in [0.5, 0.6) is 0 Å². The molecule has 1 amide bonds. The number of aliphatic hydroxyl groups excluding tert-OH is 3. The number of aliphatic carboxylic acids is 1. The second-order valence-corrected chi connectivity index (χ2v) is 6.45. The summed E-state index contributed by atoms with van der Waals surface area (Å²) in [5.74, 6) is -5.60. The Kier molecular flexibility index (Phi) is 6.82. The first-order chi connectivity index (χ1) is 11.3. The van der Waals surface area contributed by atoms with Crippen LogP contribution in [0.4, 0.5) is 0 Å². The van der Waals surface area contributed by atoms with Gasteiger partial charge in [0.15, 0.2) is 0 Å². The minimum atomic E-state index is -5.12. The number of amides is 1. The number of ether oxygens (including phenoxy) is 1. The fraction of sp³-hybridized carbons (Fsp3) is 0.818. The first-order valence-corrected chi connectivity index (χ1v) is 8.20. The van der Waals surface area contributed by atoms with Gasteiger partial charge in [-0.3, -0.25) is 9.35 Å². The average molecular weight is 389 g/mol. The van der Waals surface area contributed by atoms with Crippen LogP contribution in [-0.4, -0.2) is 93.2 Å². The summed E-state index contributed by atoms with van der Waals surface area (Å²) in [7, 11) is -5.12. The standard InChI is InChI=1S/C11H19NO12S/c1-4(14)12-7-5(15)2-11(19,10(17)18)23-9(7)8(16)6(3-13)24-25(20,21)22/h5-9,13,15-16,19H,2-3H2,1H3,(H,12,14)(H,17,18)(H,20,21,22)/t5-,6+,7+,8+,9+,11-/m0/s1. The monoisotopic (exact) mass is 389 g/mol. The highest BCUT2D eigenvalue weighted by atomic mass is 32.3. The first-order valence-electron chi connectivity index (χ1n) is 6.84. The van der Waals surface area contributed by atoms with Gasteiger partial charge in [-0.15, -0.1) is 0 Å². The van der Waals surface area contributed by atoms with Gasteiger partial charge in [0.25, 0.3) is 5.79 Å². The molecular weight excluding hydrogens is 370 g/mol. The van der Waals surface area contributed by atoms with Crippen molar-refractivity contribution in [3.8, 4) is 0 Å². The second-order valence-electron chi connectivity index (χ2n) is 5.41. The van der Waals surface area contributed by atoms with Gasteiger partial charge in [-0.2, -0.15) is 8.42 Å². The Morgan fingerprint density at radius 1 is 1.44 bits per heavy atom. The van der Waals surface area contributed by atoms with Gasteiger partial charge in [0.1, 0.15) is 18.3 Å². The third kappa shape index (κ3) is 5.55. The summed E-state index contributed by atoms with van der Waals surface area (Å²) in [5.41, 5.74) is 0. The zero-order valence-electron chi connectivity index (χ0n) is 12.8. The lowest BCUT2D eigenvalue weighted by atomic mass is 9.88. The van der Waals surface area contributed by atoms with Crippen LogP contribution in [0, 0.1) is 0 Å². The van der Waals surface area contributed by atoms with Crippen LogP contribution >= 0.6 is 0 Å². The zero-order chi connectivity index (χ0) is 19.6. The van der Waals surface area contributed by atoms with Crippen molar-refractivity contribution in [2.24, 2.45) is 0 Å². The Labute approximate surface area is 141 Å². The van der Waals surface area contributed by atoms with Crippen molar-refractivity contribution in [2.75, 3.05) is 6.61 Å². The van der Waals surface area contributed by atoms with Gasteiger partial charge < -0.3 is 35.6 Å². The van der Waals surface area contributed by atoms with Gasteiger partial charge in [0, 0.05) is 13.3 Å². The molecule has 0 aromatic carbocycles. The highest BCUT2D eigenvalue weighted by Gasteiger charge is 2.54. The van der Waals surface area contributed by atoms with Crippen LogP contribution in [-0.2, 0) is 28.9 Å². The molecule has 0 aliphatic carbocycles. The molecule has 13 nitrogen and oxygen atoms in total. The molecule has 1 aliphatic rings. The summed E-state index contributed by atoms with van der Waals surface area (Å²) in [5, 5.41) is 50.3. The minimum absolute atomic E-state index is 0.720. The number of rotatable bonds is 7. The van der Waals surface area contributed by atoms with Crippen molar-refractivity contribution in [1.29, 1.82) is 0 Å². The number of aliphatic hydroxyl groups is 4. The average Bonchev–Trinajstić information content (AvgIpc) is 2.45. The number of carbonyl (C=O) groups is 2. The lowest BCUT2D eigenvalue weighted by Gasteiger charge is -2.44. The third-order valence-corrected chi connectivity index (χ3v) is 3.92. The number of carbonyl (C=O) groups excluding carboxylic acids is 1. The molecule has 0 saturated carbocycles. The van der Waals surface area contributed by atoms with Crippen molar-refractivity contribution in [2.45, 2.75) is 49.6 Å². The van der Waals surface area contributed by atoms with Gasteiger partial charge in [0.05, 0.1) is 18.8 Å². The Balaban J connectivity index is 3.19. The van der Waals surface area contributed by atoms with Crippen LogP contribution in [0.2, 0.25) is 0 Å². The minimum Gasteiger partial charge on any atom is -0.477 e. The number of nitrogens with one attached hydrogen (secondary N) is 1. The second kappa shape index (κ2) is 7.88. The maximum Gasteiger partial charge on any atom is 0.397 e. The molecule has 0 aromatic heterocycles. The summed E-state index contributed by atoms with van der Waals surface area (Å²) in [6.45, 7) is -0.137. The Morgan fingerprint density at radius 3 is 2.40 bits per heavy atom. The summed E-state index contributed by atoms with van der Waals surface area (Å²) < 4.78 is 39.0. The number of hydrogen-bond acceptors (Lipinski definition) is 10. The van der Waals surface area contributed by atoms with E-state index in [0.29, 0.717) is 0 Å². The van der Waals surface area contributed by atoms with Crippen LogP contribution in [0.15, 0.2) is 0 Å². The molecule has 25 heavy (non-hydrogen) atoms. The Bertz CT molecular complexity index is 608. The highest BCUT2D eigenvalue weighted by Crippen LogP contribution is 2.31. The van der Waals surface area contributed by atoms with E-state index in [9.17, 15) is 33.3 Å². The third-order valence-electron chi connectivity index (χ3n) is 3.43. The molecule has 1 rings (SSSR count). The summed E-state index contributed by atoms with van der Waals surface area (Å²) in [6, 6.07) is -1.48. The molecule has 1 heterocycles. The van der Waals surface area contributed by atoms with Crippen molar-refractivity contribution < 1.29 is 57.0 Å². The SMILES string of the molecule is CC(=O)N[C@H]1[C@H]([C@H](O)[C@@H](CO)OS(=O)(=O)O)O[C@](O)(C(=O)O)C[C@@H]1O. The van der Waals surface area contributed by atoms with Gasteiger partial charge >= 0.3 is 16.4 Å². The molecule has 146 valence electrons. The van der Waals surface area contributed by atoms with E-state index in [1.165, 1.54) is 0 Å². The van der Waals surface area contributed by atoms with E-state index < -0.39 is 71.5 Å². The van der Waals surface area contributed by atoms with Crippen LogP contribution < -0.4 is 5.32 Å². The molecule has 0 aromatic rings. The van der Waals surface area contributed by atoms with E-state index in [4.69, 9.17) is 19.5 Å². The maximum absolute atomic E-state index is 11.2. The largest absolute Gasteiger partial charge is 0.477 e. The molecule has 1 fully saturated rings. The van der Waals surface area contributed by atoms with Gasteiger partial charge in [0.2, 0.25) is 5.91 Å². The molecule has 0 unspecified atom stereocenters. The van der Waals surface area contributed by atoms with E-state index in [0.717, 1.165) is 6.92 Å². The predicted octanol–water partition coefficient (Wildman–Crippen LogP) is -4.04. The number of carboxylic acids is 1. The maximum atomic E-state index is 11.2. The van der Waals surface area contributed by atoms with E-state index in [1.54, 1.807) is 0 Å². The smallest absolute Gasteiger partial charge is 0.397 e. The molecular formula is C11H19NO12S. The van der Waals surface area contributed by atoms with E-state index in [2.05, 4.69) is 9.50 Å². The molecule has 0 radical (unpaired) electrons. The first kappa shape index (κ1) is 21.7. The van der Waals surface area contributed by atoms with Gasteiger partial charge in [-0.05, 0) is 0 Å². The molecule has 7 N–H and O–H groups in total. The van der Waals surface area contributed by atoms with Crippen molar-refractivity contribution in [3.63, 3.8) is 0 Å². The lowest BCUT2D eigenvalue weighted by Crippen LogP contribution is -2.67. The number of hydrogen-bond donors (Lipinski definition) is 7. The topological polar surface area (TPSA) is 220 Å². The van der Waals surface area contributed by atoms with E-state index >= 15 is 0 Å². The van der Waals surface area contributed by atoms with E-state index in [-0.39, 0.29) is 0 Å². The molecule has 1 saturated heterocycles. The fourth-order valence-electron chi connectivity index (χ4n) is 2.37. The summed E-state index contributed by atoms with van der Waals surface area (Å²) >= 11 is 0. The quantitative estimate of drug-likeness (QED) is 0.207. The molecule has 1 aliphatic heterocycles. The zero-order valence-corrected chi connectivity index (χ0v) is 13.7. The lowest BCUT2D eigenvalue weighted by molar-refractivity contribution is -0.294. The highest BCUT2D eigenvalue weighted by molar-refractivity contribution is 7.80.